The van der Waals surface area contributed by atoms with Crippen LogP contribution in [0.2, 0.25) is 0 Å². The van der Waals surface area contributed by atoms with Crippen molar-refractivity contribution in [2.45, 2.75) is 19.3 Å². The van der Waals surface area contributed by atoms with E-state index in [1.807, 2.05) is 9.97 Å². The van der Waals surface area contributed by atoms with Gasteiger partial charge in [-0.05, 0) is 30.4 Å². The summed E-state index contributed by atoms with van der Waals surface area (Å²) in [5.74, 6) is -0.948. The minimum atomic E-state index is -0.948. The minimum Gasteiger partial charge on any atom is -0.392 e. The number of aromatic amines is 2. The molecule has 6 N–H and O–H groups in total. The molecule has 2 aromatic rings. The van der Waals surface area contributed by atoms with E-state index in [1.54, 1.807) is 11.1 Å². The van der Waals surface area contributed by atoms with Crippen LogP contribution in [0.3, 0.4) is 0 Å². The van der Waals surface area contributed by atoms with Gasteiger partial charge in [0, 0.05) is 0 Å². The summed E-state index contributed by atoms with van der Waals surface area (Å²) < 4.78 is 0. The van der Waals surface area contributed by atoms with Crippen molar-refractivity contribution < 1.29 is 4.79 Å². The quantitative estimate of drug-likeness (QED) is 0.583. The first-order valence-electron chi connectivity index (χ1n) is 6.47. The molecular formula is C14H16N4O3. The Morgan fingerprint density at radius 1 is 1.05 bits per heavy atom. The molecule has 1 aliphatic rings. The number of nitrogens with one attached hydrogen (secondary N) is 2. The molecule has 0 unspecified atom stereocenters. The van der Waals surface area contributed by atoms with E-state index in [4.69, 9.17) is 11.5 Å². The van der Waals surface area contributed by atoms with Gasteiger partial charge in [0.2, 0.25) is 0 Å². The van der Waals surface area contributed by atoms with Crippen LogP contribution in [-0.4, -0.2) is 15.9 Å². The van der Waals surface area contributed by atoms with Gasteiger partial charge in [-0.2, -0.15) is 0 Å². The van der Waals surface area contributed by atoms with Crippen molar-refractivity contribution in [3.05, 3.63) is 61.9 Å². The number of aromatic nitrogens is 2. The van der Waals surface area contributed by atoms with Crippen molar-refractivity contribution in [2.24, 2.45) is 5.73 Å². The average Bonchev–Trinajstić information content (AvgIpc) is 2.91. The standard InChI is InChI=1S/C9H10.C5H6N4O3/c1-2-5-9-7-3-6-8(9)4-1;6-1-2(3(7)10)8-5(12)9-4(1)11/h1-2,4-5H,3,6-7H2;6H2,(H2,7,10)(H2,8,9,11,12). The van der Waals surface area contributed by atoms with Crippen molar-refractivity contribution in [2.75, 3.05) is 5.73 Å². The predicted octanol–water partition coefficient (Wildman–Crippen LogP) is -0.0804. The molecule has 21 heavy (non-hydrogen) atoms. The van der Waals surface area contributed by atoms with Crippen LogP contribution in [0.5, 0.6) is 0 Å². The van der Waals surface area contributed by atoms with Gasteiger partial charge >= 0.3 is 5.69 Å². The van der Waals surface area contributed by atoms with Crippen molar-refractivity contribution in [3.8, 4) is 0 Å². The number of fused-ring (bicyclic) bond motifs is 1. The van der Waals surface area contributed by atoms with Gasteiger partial charge in [-0.15, -0.1) is 0 Å². The summed E-state index contributed by atoms with van der Waals surface area (Å²) in [5, 5.41) is 0. The van der Waals surface area contributed by atoms with Crippen molar-refractivity contribution >= 4 is 11.6 Å². The van der Waals surface area contributed by atoms with E-state index in [2.05, 4.69) is 24.3 Å². The first-order chi connectivity index (χ1) is 9.99. The molecule has 0 spiro atoms. The predicted molar refractivity (Wildman–Crippen MR) is 79.1 cm³/mol. The fourth-order valence-corrected chi connectivity index (χ4v) is 2.20. The highest BCUT2D eigenvalue weighted by Crippen LogP contribution is 2.20. The van der Waals surface area contributed by atoms with Gasteiger partial charge in [-0.1, -0.05) is 24.3 Å². The smallest absolute Gasteiger partial charge is 0.326 e. The number of hydrogen-bond donors (Lipinski definition) is 4. The molecule has 1 aromatic carbocycles. The van der Waals surface area contributed by atoms with Crippen LogP contribution < -0.4 is 22.7 Å². The van der Waals surface area contributed by atoms with Crippen LogP contribution >= 0.6 is 0 Å². The van der Waals surface area contributed by atoms with Gasteiger partial charge in [0.1, 0.15) is 11.4 Å². The molecule has 110 valence electrons. The number of hydrogen-bond acceptors (Lipinski definition) is 4. The van der Waals surface area contributed by atoms with Crippen LogP contribution in [0.25, 0.3) is 0 Å². The summed E-state index contributed by atoms with van der Waals surface area (Å²) in [6.45, 7) is 0. The van der Waals surface area contributed by atoms with Crippen molar-refractivity contribution in [3.63, 3.8) is 0 Å². The topological polar surface area (TPSA) is 135 Å². The molecule has 1 aromatic heterocycles. The summed E-state index contributed by atoms with van der Waals surface area (Å²) >= 11 is 0. The molecular weight excluding hydrogens is 272 g/mol. The fraction of sp³-hybridized carbons (Fsp3) is 0.214. The Labute approximate surface area is 120 Å². The summed E-state index contributed by atoms with van der Waals surface area (Å²) in [6, 6.07) is 8.74. The summed E-state index contributed by atoms with van der Waals surface area (Å²) in [5.41, 5.74) is 10.7. The Morgan fingerprint density at radius 2 is 1.62 bits per heavy atom. The summed E-state index contributed by atoms with van der Waals surface area (Å²) in [4.78, 5) is 35.7. The second-order valence-corrected chi connectivity index (χ2v) is 4.68. The maximum Gasteiger partial charge on any atom is 0.326 e. The third-order valence-electron chi connectivity index (χ3n) is 3.24. The molecule has 3 rings (SSSR count). The van der Waals surface area contributed by atoms with E-state index in [1.165, 1.54) is 19.3 Å². The molecule has 0 saturated heterocycles. The van der Waals surface area contributed by atoms with Gasteiger partial charge in [-0.3, -0.25) is 14.6 Å². The number of primary amides is 1. The summed E-state index contributed by atoms with van der Waals surface area (Å²) in [6.07, 6.45) is 3.96. The lowest BCUT2D eigenvalue weighted by Gasteiger charge is -1.97. The second-order valence-electron chi connectivity index (χ2n) is 4.68. The SMILES string of the molecule is NC(=O)c1[nH]c(=O)[nH]c(=O)c1N.c1ccc2c(c1)CCC2. The van der Waals surface area contributed by atoms with Crippen LogP contribution in [0.4, 0.5) is 5.69 Å². The molecule has 1 aliphatic carbocycles. The molecule has 1 amide bonds. The maximum atomic E-state index is 10.8. The highest BCUT2D eigenvalue weighted by atomic mass is 16.2. The summed E-state index contributed by atoms with van der Waals surface area (Å²) in [7, 11) is 0. The zero-order chi connectivity index (χ0) is 15.4. The lowest BCUT2D eigenvalue weighted by atomic mass is 10.1. The number of benzene rings is 1. The van der Waals surface area contributed by atoms with Crippen molar-refractivity contribution in [1.82, 2.24) is 9.97 Å². The number of nitrogen functional groups attached to an aromatic ring is 1. The zero-order valence-corrected chi connectivity index (χ0v) is 11.3. The Kier molecular flexibility index (Phi) is 4.22. The number of rotatable bonds is 1. The Morgan fingerprint density at radius 3 is 2.14 bits per heavy atom. The fourth-order valence-electron chi connectivity index (χ4n) is 2.20. The lowest BCUT2D eigenvalue weighted by molar-refractivity contribution is 0.0996. The largest absolute Gasteiger partial charge is 0.392 e. The second kappa shape index (κ2) is 6.08. The van der Waals surface area contributed by atoms with Gasteiger partial charge in [-0.25, -0.2) is 4.79 Å². The molecule has 7 nitrogen and oxygen atoms in total. The first-order valence-corrected chi connectivity index (χ1v) is 6.47. The molecule has 1 heterocycles. The van der Waals surface area contributed by atoms with Crippen LogP contribution in [0, 0.1) is 0 Å². The van der Waals surface area contributed by atoms with Crippen LogP contribution in [0.1, 0.15) is 28.0 Å². The highest BCUT2D eigenvalue weighted by Gasteiger charge is 2.09. The first kappa shape index (κ1) is 14.6. The monoisotopic (exact) mass is 288 g/mol. The minimum absolute atomic E-state index is 0.372. The van der Waals surface area contributed by atoms with Crippen LogP contribution in [0.15, 0.2) is 33.9 Å². The molecule has 0 radical (unpaired) electrons. The average molecular weight is 288 g/mol. The normalized spacial score (nSPS) is 12.2. The molecule has 0 aliphatic heterocycles. The van der Waals surface area contributed by atoms with E-state index >= 15 is 0 Å². The number of carbonyl (C=O) groups is 1. The van der Waals surface area contributed by atoms with E-state index < -0.39 is 17.2 Å². The Bertz CT molecular complexity index is 753. The number of aryl methyl sites for hydroxylation is 2. The number of nitrogens with two attached hydrogens (primary N) is 2. The van der Waals surface area contributed by atoms with E-state index in [9.17, 15) is 14.4 Å². The lowest BCUT2D eigenvalue weighted by Crippen LogP contribution is -2.30. The Hall–Kier alpha value is -2.83. The number of amides is 1. The number of anilines is 1. The Balaban J connectivity index is 0.000000159. The number of carbonyl (C=O) groups excluding carboxylic acids is 1. The van der Waals surface area contributed by atoms with Gasteiger partial charge in [0.15, 0.2) is 0 Å². The van der Waals surface area contributed by atoms with E-state index in [0.717, 1.165) is 0 Å². The van der Waals surface area contributed by atoms with Gasteiger partial charge in [0.05, 0.1) is 0 Å². The molecule has 0 saturated carbocycles. The zero-order valence-electron chi connectivity index (χ0n) is 11.3. The molecule has 0 fully saturated rings. The van der Waals surface area contributed by atoms with Crippen LogP contribution in [-0.2, 0) is 12.8 Å². The third-order valence-corrected chi connectivity index (χ3v) is 3.24. The van der Waals surface area contributed by atoms with E-state index in [0.29, 0.717) is 0 Å². The molecule has 0 bridgehead atoms. The van der Waals surface area contributed by atoms with E-state index in [-0.39, 0.29) is 11.4 Å². The van der Waals surface area contributed by atoms with Gasteiger partial charge in [0.25, 0.3) is 11.5 Å². The molecule has 7 heteroatoms. The molecule has 0 atom stereocenters. The highest BCUT2D eigenvalue weighted by molar-refractivity contribution is 5.95. The van der Waals surface area contributed by atoms with Crippen molar-refractivity contribution in [1.29, 1.82) is 0 Å². The number of H-pyrrole nitrogens is 2. The van der Waals surface area contributed by atoms with Gasteiger partial charge < -0.3 is 16.5 Å². The maximum absolute atomic E-state index is 10.8. The third kappa shape index (κ3) is 3.38.